The van der Waals surface area contributed by atoms with Gasteiger partial charge in [0.25, 0.3) is 5.56 Å². The predicted molar refractivity (Wildman–Crippen MR) is 128 cm³/mol. The van der Waals surface area contributed by atoms with Crippen molar-refractivity contribution in [2.75, 3.05) is 20.8 Å². The summed E-state index contributed by atoms with van der Waals surface area (Å²) < 4.78 is 12.4. The minimum absolute atomic E-state index is 0.00135. The number of aryl methyl sites for hydroxylation is 2. The molecule has 1 saturated heterocycles. The van der Waals surface area contributed by atoms with Crippen molar-refractivity contribution in [2.45, 2.75) is 57.5 Å². The van der Waals surface area contributed by atoms with E-state index in [1.807, 2.05) is 23.1 Å². The highest BCUT2D eigenvalue weighted by Gasteiger charge is 2.32. The van der Waals surface area contributed by atoms with Crippen molar-refractivity contribution >= 4 is 27.5 Å². The van der Waals surface area contributed by atoms with Crippen LogP contribution in [0.25, 0.3) is 10.2 Å². The first kappa shape index (κ1) is 21.9. The van der Waals surface area contributed by atoms with E-state index in [1.54, 1.807) is 25.6 Å². The second-order valence-corrected chi connectivity index (χ2v) is 9.86. The first-order valence-electron chi connectivity index (χ1n) is 11.6. The van der Waals surface area contributed by atoms with E-state index in [4.69, 9.17) is 9.47 Å². The monoisotopic (exact) mass is 467 g/mol. The number of methoxy groups -OCH3 is 2. The highest BCUT2D eigenvalue weighted by molar-refractivity contribution is 7.18. The number of nitrogens with zero attached hydrogens (tertiary/aromatic N) is 3. The summed E-state index contributed by atoms with van der Waals surface area (Å²) in [7, 11) is 3.25. The van der Waals surface area contributed by atoms with Crippen molar-refractivity contribution in [2.24, 2.45) is 0 Å². The van der Waals surface area contributed by atoms with Crippen LogP contribution in [0.1, 0.15) is 54.1 Å². The molecule has 8 heteroatoms. The molecule has 1 aliphatic heterocycles. The van der Waals surface area contributed by atoms with Gasteiger partial charge in [-0.2, -0.15) is 0 Å². The minimum Gasteiger partial charge on any atom is -0.497 e. The molecule has 5 rings (SSSR count). The van der Waals surface area contributed by atoms with Gasteiger partial charge in [0.15, 0.2) is 0 Å². The molecule has 1 aliphatic carbocycles. The second kappa shape index (κ2) is 9.17. The van der Waals surface area contributed by atoms with Gasteiger partial charge < -0.3 is 14.4 Å². The third-order valence-corrected chi connectivity index (χ3v) is 8.07. The lowest BCUT2D eigenvalue weighted by atomic mass is 10.0. The van der Waals surface area contributed by atoms with Gasteiger partial charge in [-0.3, -0.25) is 14.2 Å². The van der Waals surface area contributed by atoms with E-state index < -0.39 is 0 Å². The van der Waals surface area contributed by atoms with E-state index in [0.717, 1.165) is 59.9 Å². The first-order valence-corrected chi connectivity index (χ1v) is 12.4. The van der Waals surface area contributed by atoms with Crippen molar-refractivity contribution in [1.29, 1.82) is 0 Å². The number of amides is 1. The molecule has 174 valence electrons. The van der Waals surface area contributed by atoms with Gasteiger partial charge >= 0.3 is 0 Å². The molecule has 2 aliphatic rings. The number of hydrogen-bond donors (Lipinski definition) is 0. The van der Waals surface area contributed by atoms with Gasteiger partial charge in [-0.05, 0) is 56.2 Å². The van der Waals surface area contributed by atoms with Gasteiger partial charge in [-0.1, -0.05) is 6.42 Å². The number of carbonyl (C=O) groups is 1. The number of carbonyl (C=O) groups excluding carboxylic acids is 1. The molecule has 1 aromatic carbocycles. The smallest absolute Gasteiger partial charge is 0.262 e. The van der Waals surface area contributed by atoms with E-state index in [0.29, 0.717) is 18.0 Å². The van der Waals surface area contributed by atoms with Crippen molar-refractivity contribution in [1.82, 2.24) is 14.5 Å². The number of aromatic nitrogens is 2. The number of benzene rings is 1. The Kier molecular flexibility index (Phi) is 6.10. The molecule has 0 bridgehead atoms. The highest BCUT2D eigenvalue weighted by Crippen LogP contribution is 2.39. The number of fused-ring (bicyclic) bond motifs is 3. The molecular weight excluding hydrogens is 438 g/mol. The Labute approximate surface area is 197 Å². The summed E-state index contributed by atoms with van der Waals surface area (Å²) in [5, 5.41) is 0.724. The number of ether oxygens (including phenoxy) is 2. The summed E-state index contributed by atoms with van der Waals surface area (Å²) in [5.41, 5.74) is 2.03. The predicted octanol–water partition coefficient (Wildman–Crippen LogP) is 4.11. The summed E-state index contributed by atoms with van der Waals surface area (Å²) in [6.45, 7) is 0.665. The van der Waals surface area contributed by atoms with Crippen molar-refractivity contribution in [3.8, 4) is 11.5 Å². The summed E-state index contributed by atoms with van der Waals surface area (Å²) in [6, 6.07) is 5.63. The van der Waals surface area contributed by atoms with Gasteiger partial charge in [-0.25, -0.2) is 4.98 Å². The molecule has 3 aromatic rings. The lowest BCUT2D eigenvalue weighted by Gasteiger charge is -2.27. The van der Waals surface area contributed by atoms with E-state index in [1.165, 1.54) is 22.2 Å². The lowest BCUT2D eigenvalue weighted by Crippen LogP contribution is -2.36. The molecule has 0 radical (unpaired) electrons. The van der Waals surface area contributed by atoms with Crippen LogP contribution in [0.15, 0.2) is 29.3 Å². The Balaban J connectivity index is 1.43. The van der Waals surface area contributed by atoms with Crippen molar-refractivity contribution < 1.29 is 14.3 Å². The molecule has 1 unspecified atom stereocenters. The molecule has 0 saturated carbocycles. The van der Waals surface area contributed by atoms with Crippen molar-refractivity contribution in [3.63, 3.8) is 0 Å². The number of likely N-dealkylation sites (tertiary alicyclic amines) is 1. The third-order valence-electron chi connectivity index (χ3n) is 6.87. The van der Waals surface area contributed by atoms with Gasteiger partial charge in [0.2, 0.25) is 5.91 Å². The van der Waals surface area contributed by atoms with Gasteiger partial charge in [0, 0.05) is 23.1 Å². The average Bonchev–Trinajstić information content (AvgIpc) is 3.39. The number of rotatable bonds is 5. The Morgan fingerprint density at radius 2 is 2.00 bits per heavy atom. The molecule has 7 nitrogen and oxygen atoms in total. The third kappa shape index (κ3) is 4.01. The minimum atomic E-state index is -0.0921. The largest absolute Gasteiger partial charge is 0.497 e. The van der Waals surface area contributed by atoms with Crippen LogP contribution in [-0.2, 0) is 24.2 Å². The van der Waals surface area contributed by atoms with Crippen LogP contribution in [0, 0.1) is 0 Å². The lowest BCUT2D eigenvalue weighted by molar-refractivity contribution is -0.132. The molecular formula is C25H29N3O4S. The standard InChI is InChI=1S/C25H29N3O4S/c1-31-16-10-11-17(20(13-16)32-2)19-8-6-12-28(19)22(29)14-27-15-26-24-23(25(27)30)18-7-4-3-5-9-21(18)33-24/h10-11,13,15,19H,3-9,12,14H2,1-2H3. The summed E-state index contributed by atoms with van der Waals surface area (Å²) in [5.74, 6) is 1.35. The Bertz CT molecular complexity index is 1250. The number of hydrogen-bond acceptors (Lipinski definition) is 6. The Hall–Kier alpha value is -2.87. The molecule has 1 amide bonds. The van der Waals surface area contributed by atoms with Crippen LogP contribution >= 0.6 is 11.3 Å². The first-order chi connectivity index (χ1) is 16.1. The zero-order chi connectivity index (χ0) is 22.9. The molecule has 0 N–H and O–H groups in total. The molecule has 1 fully saturated rings. The van der Waals surface area contributed by atoms with Gasteiger partial charge in [-0.15, -0.1) is 11.3 Å². The Morgan fingerprint density at radius 3 is 2.82 bits per heavy atom. The molecule has 3 heterocycles. The molecule has 1 atom stereocenters. The fraction of sp³-hybridized carbons (Fsp3) is 0.480. The van der Waals surface area contributed by atoms with Crippen LogP contribution in [0.5, 0.6) is 11.5 Å². The maximum atomic E-state index is 13.4. The van der Waals surface area contributed by atoms with Crippen LogP contribution < -0.4 is 15.0 Å². The fourth-order valence-corrected chi connectivity index (χ4v) is 6.41. The maximum absolute atomic E-state index is 13.4. The normalized spacial score (nSPS) is 18.2. The number of thiophene rings is 1. The van der Waals surface area contributed by atoms with E-state index in [-0.39, 0.29) is 24.1 Å². The van der Waals surface area contributed by atoms with Crippen molar-refractivity contribution in [3.05, 3.63) is 50.9 Å². The average molecular weight is 468 g/mol. The van der Waals surface area contributed by atoms with E-state index >= 15 is 0 Å². The zero-order valence-electron chi connectivity index (χ0n) is 19.1. The summed E-state index contributed by atoms with van der Waals surface area (Å²) in [6.07, 6.45) is 8.72. The summed E-state index contributed by atoms with van der Waals surface area (Å²) >= 11 is 1.64. The molecule has 33 heavy (non-hydrogen) atoms. The Morgan fingerprint density at radius 1 is 1.15 bits per heavy atom. The SMILES string of the molecule is COc1ccc(C2CCCN2C(=O)Cn2cnc3sc4c(c3c2=O)CCCCC4)c(OC)c1. The summed E-state index contributed by atoms with van der Waals surface area (Å²) in [4.78, 5) is 35.3. The molecule has 0 spiro atoms. The second-order valence-electron chi connectivity index (χ2n) is 8.78. The quantitative estimate of drug-likeness (QED) is 0.528. The van der Waals surface area contributed by atoms with E-state index in [2.05, 4.69) is 4.98 Å². The topological polar surface area (TPSA) is 73.7 Å². The van der Waals surface area contributed by atoms with E-state index in [9.17, 15) is 9.59 Å². The van der Waals surface area contributed by atoms with Crippen LogP contribution in [0.3, 0.4) is 0 Å². The van der Waals surface area contributed by atoms with Gasteiger partial charge in [0.05, 0.1) is 32.0 Å². The van der Waals surface area contributed by atoms with Crippen LogP contribution in [0.2, 0.25) is 0 Å². The van der Waals surface area contributed by atoms with Crippen LogP contribution in [-0.4, -0.2) is 41.1 Å². The molecule has 2 aromatic heterocycles. The highest BCUT2D eigenvalue weighted by atomic mass is 32.1. The zero-order valence-corrected chi connectivity index (χ0v) is 20.0. The fourth-order valence-electron chi connectivity index (χ4n) is 5.19. The van der Waals surface area contributed by atoms with Crippen LogP contribution in [0.4, 0.5) is 0 Å². The maximum Gasteiger partial charge on any atom is 0.262 e. The van der Waals surface area contributed by atoms with Gasteiger partial charge in [0.1, 0.15) is 22.9 Å².